The number of rotatable bonds is 4. The number of amides is 1. The first-order chi connectivity index (χ1) is 12.8. The number of nitro benzene ring substituents is 1. The maximum atomic E-state index is 14.1. The van der Waals surface area contributed by atoms with E-state index in [4.69, 9.17) is 0 Å². The first kappa shape index (κ1) is 18.6. The highest BCUT2D eigenvalue weighted by molar-refractivity contribution is 6.04. The fourth-order valence-electron chi connectivity index (χ4n) is 3.11. The molecule has 0 N–H and O–H groups in total. The van der Waals surface area contributed by atoms with Crippen LogP contribution < -0.4 is 0 Å². The van der Waals surface area contributed by atoms with Gasteiger partial charge in [0, 0.05) is 18.2 Å². The standard InChI is InChI=1S/C18H13F3N2O4/c19-14-11(9-13(23(26)27)15(20)16(14)21)18(25)22-8-4-7-12(22)17(24)10-5-2-1-3-6-10/h1-3,5-6,9,12H,4,7-8H2. The van der Waals surface area contributed by atoms with Crippen molar-refractivity contribution in [3.63, 3.8) is 0 Å². The molecule has 1 aliphatic rings. The first-order valence-electron chi connectivity index (χ1n) is 8.05. The zero-order valence-corrected chi connectivity index (χ0v) is 13.8. The van der Waals surface area contributed by atoms with Crippen molar-refractivity contribution in [1.29, 1.82) is 0 Å². The summed E-state index contributed by atoms with van der Waals surface area (Å²) in [7, 11) is 0. The lowest BCUT2D eigenvalue weighted by molar-refractivity contribution is -0.387. The number of hydrogen-bond donors (Lipinski definition) is 0. The number of likely N-dealkylation sites (tertiary alicyclic amines) is 1. The van der Waals surface area contributed by atoms with Crippen molar-refractivity contribution in [1.82, 2.24) is 4.90 Å². The largest absolute Gasteiger partial charge is 0.328 e. The molecule has 140 valence electrons. The smallest absolute Gasteiger partial charge is 0.308 e. The average molecular weight is 378 g/mol. The van der Waals surface area contributed by atoms with Gasteiger partial charge in [0.1, 0.15) is 0 Å². The summed E-state index contributed by atoms with van der Waals surface area (Å²) in [5.41, 5.74) is -1.98. The molecule has 0 spiro atoms. The minimum Gasteiger partial charge on any atom is -0.328 e. The lowest BCUT2D eigenvalue weighted by Crippen LogP contribution is -2.41. The summed E-state index contributed by atoms with van der Waals surface area (Å²) in [5.74, 6) is -7.37. The third-order valence-electron chi connectivity index (χ3n) is 4.43. The molecular weight excluding hydrogens is 365 g/mol. The van der Waals surface area contributed by atoms with Crippen LogP contribution in [0.15, 0.2) is 36.4 Å². The average Bonchev–Trinajstić information content (AvgIpc) is 3.15. The van der Waals surface area contributed by atoms with E-state index in [1.165, 1.54) is 0 Å². The van der Waals surface area contributed by atoms with Gasteiger partial charge in [-0.3, -0.25) is 19.7 Å². The van der Waals surface area contributed by atoms with Crippen LogP contribution in [0.4, 0.5) is 18.9 Å². The molecule has 1 amide bonds. The lowest BCUT2D eigenvalue weighted by Gasteiger charge is -2.24. The van der Waals surface area contributed by atoms with Gasteiger partial charge in [0.15, 0.2) is 11.6 Å². The highest BCUT2D eigenvalue weighted by atomic mass is 19.2. The predicted octanol–water partition coefficient (Wildman–Crippen LogP) is 3.50. The maximum absolute atomic E-state index is 14.1. The summed E-state index contributed by atoms with van der Waals surface area (Å²) in [6.45, 7) is 0.0916. The third-order valence-corrected chi connectivity index (χ3v) is 4.43. The number of benzene rings is 2. The number of hydrogen-bond acceptors (Lipinski definition) is 4. The molecule has 1 aliphatic heterocycles. The summed E-state index contributed by atoms with van der Waals surface area (Å²) >= 11 is 0. The van der Waals surface area contributed by atoms with Gasteiger partial charge in [0.2, 0.25) is 11.6 Å². The molecule has 3 rings (SSSR count). The van der Waals surface area contributed by atoms with Crippen molar-refractivity contribution >= 4 is 17.4 Å². The Balaban J connectivity index is 1.98. The van der Waals surface area contributed by atoms with E-state index in [9.17, 15) is 32.9 Å². The second-order valence-electron chi connectivity index (χ2n) is 6.03. The molecule has 1 atom stereocenters. The molecule has 1 saturated heterocycles. The molecule has 0 saturated carbocycles. The number of ketones is 1. The number of halogens is 3. The zero-order chi connectivity index (χ0) is 19.7. The van der Waals surface area contributed by atoms with Crippen molar-refractivity contribution in [2.45, 2.75) is 18.9 Å². The van der Waals surface area contributed by atoms with Gasteiger partial charge in [-0.25, -0.2) is 8.78 Å². The molecule has 6 nitrogen and oxygen atoms in total. The van der Waals surface area contributed by atoms with E-state index >= 15 is 0 Å². The van der Waals surface area contributed by atoms with E-state index in [2.05, 4.69) is 0 Å². The summed E-state index contributed by atoms with van der Waals surface area (Å²) < 4.78 is 41.3. The van der Waals surface area contributed by atoms with Gasteiger partial charge in [0.25, 0.3) is 5.91 Å². The van der Waals surface area contributed by atoms with Crippen molar-refractivity contribution in [2.24, 2.45) is 0 Å². The molecule has 0 radical (unpaired) electrons. The van der Waals surface area contributed by atoms with E-state index in [1.54, 1.807) is 30.3 Å². The molecule has 2 aromatic carbocycles. The number of Topliss-reactive ketones (excluding diaryl/α,β-unsaturated/α-hetero) is 1. The minimum atomic E-state index is -2.10. The first-order valence-corrected chi connectivity index (χ1v) is 8.05. The molecular formula is C18H13F3N2O4. The van der Waals surface area contributed by atoms with Crippen LogP contribution in [-0.4, -0.2) is 34.1 Å². The monoisotopic (exact) mass is 378 g/mol. The second kappa shape index (κ2) is 7.18. The van der Waals surface area contributed by atoms with E-state index in [-0.39, 0.29) is 12.3 Å². The Morgan fingerprint density at radius 3 is 2.37 bits per heavy atom. The van der Waals surface area contributed by atoms with Gasteiger partial charge in [-0.15, -0.1) is 0 Å². The van der Waals surface area contributed by atoms with Crippen molar-refractivity contribution in [3.05, 3.63) is 75.1 Å². The van der Waals surface area contributed by atoms with Crippen LogP contribution in [0, 0.1) is 27.6 Å². The molecule has 27 heavy (non-hydrogen) atoms. The Bertz CT molecular complexity index is 934. The normalized spacial score (nSPS) is 16.4. The lowest BCUT2D eigenvalue weighted by atomic mass is 10.0. The number of carbonyl (C=O) groups is 2. The van der Waals surface area contributed by atoms with Crippen LogP contribution in [0.3, 0.4) is 0 Å². The maximum Gasteiger partial charge on any atom is 0.308 e. The molecule has 1 unspecified atom stereocenters. The Hall–Kier alpha value is -3.23. The Morgan fingerprint density at radius 1 is 1.07 bits per heavy atom. The van der Waals surface area contributed by atoms with Gasteiger partial charge >= 0.3 is 5.69 Å². The molecule has 9 heteroatoms. The molecule has 1 heterocycles. The molecule has 0 bridgehead atoms. The summed E-state index contributed by atoms with van der Waals surface area (Å²) in [6.07, 6.45) is 0.759. The van der Waals surface area contributed by atoms with Crippen molar-refractivity contribution < 1.29 is 27.7 Å². The molecule has 0 aliphatic carbocycles. The Morgan fingerprint density at radius 2 is 1.74 bits per heavy atom. The van der Waals surface area contributed by atoms with Crippen LogP contribution in [0.1, 0.15) is 33.6 Å². The van der Waals surface area contributed by atoms with Crippen LogP contribution in [0.5, 0.6) is 0 Å². The SMILES string of the molecule is O=C(c1ccccc1)C1CCCN1C(=O)c1cc([N+](=O)[O-])c(F)c(F)c1F. The highest BCUT2D eigenvalue weighted by Gasteiger charge is 2.38. The minimum absolute atomic E-state index is 0.0916. The highest BCUT2D eigenvalue weighted by Crippen LogP contribution is 2.29. The molecule has 0 aromatic heterocycles. The van der Waals surface area contributed by atoms with Crippen LogP contribution in [0.25, 0.3) is 0 Å². The molecule has 1 fully saturated rings. The Labute approximate surface area is 151 Å². The van der Waals surface area contributed by atoms with E-state index in [1.807, 2.05) is 0 Å². The second-order valence-corrected chi connectivity index (χ2v) is 6.03. The van der Waals surface area contributed by atoms with E-state index < -0.39 is 45.6 Å². The van der Waals surface area contributed by atoms with Crippen LogP contribution in [0.2, 0.25) is 0 Å². The number of carbonyl (C=O) groups excluding carboxylic acids is 2. The van der Waals surface area contributed by atoms with Gasteiger partial charge < -0.3 is 4.90 Å². The quantitative estimate of drug-likeness (QED) is 0.353. The van der Waals surface area contributed by atoms with Crippen molar-refractivity contribution in [3.8, 4) is 0 Å². The van der Waals surface area contributed by atoms with Crippen LogP contribution in [-0.2, 0) is 0 Å². The summed E-state index contributed by atoms with van der Waals surface area (Å²) in [6, 6.07) is 7.58. The van der Waals surface area contributed by atoms with E-state index in [0.29, 0.717) is 24.5 Å². The fourth-order valence-corrected chi connectivity index (χ4v) is 3.11. The Kier molecular flexibility index (Phi) is 4.93. The summed E-state index contributed by atoms with van der Waals surface area (Å²) in [5, 5.41) is 10.8. The zero-order valence-electron chi connectivity index (χ0n) is 13.8. The number of nitro groups is 1. The van der Waals surface area contributed by atoms with Gasteiger partial charge in [0.05, 0.1) is 16.5 Å². The molecule has 2 aromatic rings. The number of nitrogens with zero attached hydrogens (tertiary/aromatic N) is 2. The fraction of sp³-hybridized carbons (Fsp3) is 0.222. The van der Waals surface area contributed by atoms with Crippen molar-refractivity contribution in [2.75, 3.05) is 6.54 Å². The van der Waals surface area contributed by atoms with Gasteiger partial charge in [-0.2, -0.15) is 4.39 Å². The van der Waals surface area contributed by atoms with Gasteiger partial charge in [-0.05, 0) is 12.8 Å². The van der Waals surface area contributed by atoms with E-state index in [0.717, 1.165) is 4.90 Å². The van der Waals surface area contributed by atoms with Crippen LogP contribution >= 0.6 is 0 Å². The van der Waals surface area contributed by atoms with Gasteiger partial charge in [-0.1, -0.05) is 30.3 Å². The third kappa shape index (κ3) is 3.27. The summed E-state index contributed by atoms with van der Waals surface area (Å²) in [4.78, 5) is 35.9. The topological polar surface area (TPSA) is 80.5 Å². The predicted molar refractivity (Wildman–Crippen MR) is 87.8 cm³/mol.